The van der Waals surface area contributed by atoms with Crippen molar-refractivity contribution >= 4 is 18.4 Å². The van der Waals surface area contributed by atoms with Crippen molar-refractivity contribution in [3.63, 3.8) is 0 Å². The van der Waals surface area contributed by atoms with Crippen LogP contribution in [0.25, 0.3) is 22.4 Å². The first kappa shape index (κ1) is 17.1. The third kappa shape index (κ3) is 3.34. The number of piperazine rings is 1. The fourth-order valence-electron chi connectivity index (χ4n) is 3.69. The van der Waals surface area contributed by atoms with Gasteiger partial charge >= 0.3 is 0 Å². The smallest absolute Gasteiger partial charge is 0.159 e. The topological polar surface area (TPSA) is 56.8 Å². The average molecular weight is 366 g/mol. The van der Waals surface area contributed by atoms with E-state index >= 15 is 0 Å². The number of anilines is 1. The quantitative estimate of drug-likeness (QED) is 0.621. The highest BCUT2D eigenvalue weighted by atomic mass is 32.1. The van der Waals surface area contributed by atoms with Gasteiger partial charge < -0.3 is 10.2 Å². The van der Waals surface area contributed by atoms with Gasteiger partial charge in [0.1, 0.15) is 0 Å². The van der Waals surface area contributed by atoms with Crippen LogP contribution in [0.5, 0.6) is 0 Å². The molecule has 0 amide bonds. The van der Waals surface area contributed by atoms with Crippen LogP contribution in [0.4, 0.5) is 5.82 Å². The van der Waals surface area contributed by atoms with Crippen LogP contribution in [-0.2, 0) is 0 Å². The number of thiol groups is 1. The summed E-state index contributed by atoms with van der Waals surface area (Å²) in [5.41, 5.74) is 4.37. The van der Waals surface area contributed by atoms with Gasteiger partial charge in [0.25, 0.3) is 0 Å². The Labute approximate surface area is 159 Å². The number of aromatic amines is 1. The predicted molar refractivity (Wildman–Crippen MR) is 109 cm³/mol. The van der Waals surface area contributed by atoms with Gasteiger partial charge in [0.2, 0.25) is 0 Å². The molecule has 1 aromatic carbocycles. The Morgan fingerprint density at radius 1 is 0.962 bits per heavy atom. The van der Waals surface area contributed by atoms with Crippen LogP contribution in [0.2, 0.25) is 0 Å². The number of nitrogens with one attached hydrogen (secondary N) is 2. The highest BCUT2D eigenvalue weighted by Crippen LogP contribution is 2.38. The molecule has 0 saturated carbocycles. The molecule has 0 bridgehead atoms. The molecular weight excluding hydrogens is 342 g/mol. The number of hydrogen-bond acceptors (Lipinski definition) is 5. The molecule has 2 aromatic heterocycles. The van der Waals surface area contributed by atoms with Gasteiger partial charge in [0, 0.05) is 48.0 Å². The van der Waals surface area contributed by atoms with Crippen LogP contribution in [0.15, 0.2) is 53.7 Å². The van der Waals surface area contributed by atoms with E-state index in [0.717, 1.165) is 46.2 Å². The van der Waals surface area contributed by atoms with Crippen molar-refractivity contribution in [2.75, 3.05) is 18.0 Å². The summed E-state index contributed by atoms with van der Waals surface area (Å²) < 4.78 is 0. The Bertz CT molecular complexity index is 865. The molecule has 2 atom stereocenters. The number of nitrogens with zero attached hydrogens (tertiary/aromatic N) is 3. The van der Waals surface area contributed by atoms with Crippen molar-refractivity contribution in [3.05, 3.63) is 48.8 Å². The molecule has 2 unspecified atom stereocenters. The molecule has 1 fully saturated rings. The second-order valence-electron chi connectivity index (χ2n) is 6.95. The predicted octanol–water partition coefficient (Wildman–Crippen LogP) is 3.61. The normalized spacial score (nSPS) is 20.3. The Morgan fingerprint density at radius 2 is 1.62 bits per heavy atom. The van der Waals surface area contributed by atoms with E-state index in [9.17, 15) is 0 Å². The summed E-state index contributed by atoms with van der Waals surface area (Å²) in [7, 11) is 0. The molecule has 6 heteroatoms. The van der Waals surface area contributed by atoms with Crippen LogP contribution in [-0.4, -0.2) is 40.4 Å². The highest BCUT2D eigenvalue weighted by Gasteiger charge is 2.27. The summed E-state index contributed by atoms with van der Waals surface area (Å²) in [6.45, 7) is 6.30. The summed E-state index contributed by atoms with van der Waals surface area (Å²) >= 11 is 4.40. The number of rotatable bonds is 3. The summed E-state index contributed by atoms with van der Waals surface area (Å²) in [5.74, 6) is 1.00. The molecule has 0 spiro atoms. The second kappa shape index (κ2) is 7.13. The SMILES string of the molecule is CC1CN(c2n[nH]c(-c3ccc(S)cc3)c2-c2ccncc2)CC(C)N1. The van der Waals surface area contributed by atoms with E-state index in [4.69, 9.17) is 5.10 Å². The van der Waals surface area contributed by atoms with Crippen molar-refractivity contribution < 1.29 is 0 Å². The van der Waals surface area contributed by atoms with E-state index in [1.54, 1.807) is 0 Å². The molecular formula is C20H23N5S. The lowest BCUT2D eigenvalue weighted by Crippen LogP contribution is -2.54. The first-order valence-corrected chi connectivity index (χ1v) is 9.35. The minimum Gasteiger partial charge on any atom is -0.352 e. The maximum atomic E-state index is 4.72. The molecule has 26 heavy (non-hydrogen) atoms. The van der Waals surface area contributed by atoms with Crippen molar-refractivity contribution in [2.45, 2.75) is 30.8 Å². The Hall–Kier alpha value is -2.31. The maximum absolute atomic E-state index is 4.72. The summed E-state index contributed by atoms with van der Waals surface area (Å²) in [6, 6.07) is 13.1. The maximum Gasteiger partial charge on any atom is 0.159 e. The van der Waals surface area contributed by atoms with Crippen LogP contribution in [0, 0.1) is 0 Å². The molecule has 5 nitrogen and oxygen atoms in total. The number of H-pyrrole nitrogens is 1. The molecule has 2 N–H and O–H groups in total. The molecule has 3 heterocycles. The molecule has 4 rings (SSSR count). The van der Waals surface area contributed by atoms with E-state index < -0.39 is 0 Å². The number of benzene rings is 1. The van der Waals surface area contributed by atoms with Gasteiger partial charge in [0.15, 0.2) is 5.82 Å². The van der Waals surface area contributed by atoms with Gasteiger partial charge in [-0.1, -0.05) is 12.1 Å². The summed E-state index contributed by atoms with van der Waals surface area (Å²) in [4.78, 5) is 7.49. The fraction of sp³-hybridized carbons (Fsp3) is 0.300. The van der Waals surface area contributed by atoms with E-state index in [2.05, 4.69) is 58.9 Å². The first-order chi connectivity index (χ1) is 12.6. The zero-order valence-electron chi connectivity index (χ0n) is 15.0. The Kier molecular flexibility index (Phi) is 4.70. The van der Waals surface area contributed by atoms with Gasteiger partial charge in [-0.3, -0.25) is 10.1 Å². The molecule has 134 valence electrons. The second-order valence-corrected chi connectivity index (χ2v) is 7.47. The fourth-order valence-corrected chi connectivity index (χ4v) is 3.84. The molecule has 3 aromatic rings. The molecule has 1 aliphatic heterocycles. The summed E-state index contributed by atoms with van der Waals surface area (Å²) in [6.07, 6.45) is 3.66. The molecule has 0 radical (unpaired) electrons. The van der Waals surface area contributed by atoms with Crippen molar-refractivity contribution in [1.29, 1.82) is 0 Å². The van der Waals surface area contributed by atoms with Gasteiger partial charge in [0.05, 0.1) is 11.3 Å². The number of pyridine rings is 1. The third-order valence-electron chi connectivity index (χ3n) is 4.73. The zero-order valence-corrected chi connectivity index (χ0v) is 15.9. The lowest BCUT2D eigenvalue weighted by atomic mass is 10.0. The van der Waals surface area contributed by atoms with E-state index in [1.165, 1.54) is 0 Å². The van der Waals surface area contributed by atoms with E-state index in [1.807, 2.05) is 36.7 Å². The van der Waals surface area contributed by atoms with Crippen LogP contribution in [0.3, 0.4) is 0 Å². The largest absolute Gasteiger partial charge is 0.352 e. The van der Waals surface area contributed by atoms with Gasteiger partial charge in [-0.05, 0) is 43.7 Å². The van der Waals surface area contributed by atoms with E-state index in [-0.39, 0.29) is 0 Å². The monoisotopic (exact) mass is 365 g/mol. The minimum atomic E-state index is 0.424. The standard InChI is InChI=1S/C20H23N5S/c1-13-11-25(12-14(2)22-13)20-18(15-7-9-21-10-8-15)19(23-24-20)16-3-5-17(26)6-4-16/h3-10,13-14,22,26H,11-12H2,1-2H3,(H,23,24). The van der Waals surface area contributed by atoms with E-state index in [0.29, 0.717) is 12.1 Å². The zero-order chi connectivity index (χ0) is 18.1. The molecule has 1 saturated heterocycles. The molecule has 1 aliphatic rings. The summed E-state index contributed by atoms with van der Waals surface area (Å²) in [5, 5.41) is 11.6. The van der Waals surface area contributed by atoms with Crippen LogP contribution >= 0.6 is 12.6 Å². The van der Waals surface area contributed by atoms with Gasteiger partial charge in [-0.2, -0.15) is 5.10 Å². The Balaban J connectivity index is 1.83. The van der Waals surface area contributed by atoms with Crippen molar-refractivity contribution in [2.24, 2.45) is 0 Å². The third-order valence-corrected chi connectivity index (χ3v) is 5.03. The average Bonchev–Trinajstić information content (AvgIpc) is 3.07. The lowest BCUT2D eigenvalue weighted by molar-refractivity contribution is 0.405. The number of aromatic nitrogens is 3. The Morgan fingerprint density at radius 3 is 2.27 bits per heavy atom. The molecule has 0 aliphatic carbocycles. The van der Waals surface area contributed by atoms with Crippen molar-refractivity contribution in [3.8, 4) is 22.4 Å². The minimum absolute atomic E-state index is 0.424. The van der Waals surface area contributed by atoms with Crippen LogP contribution < -0.4 is 10.2 Å². The highest BCUT2D eigenvalue weighted by molar-refractivity contribution is 7.80. The van der Waals surface area contributed by atoms with Crippen molar-refractivity contribution in [1.82, 2.24) is 20.5 Å². The number of hydrogen-bond donors (Lipinski definition) is 3. The van der Waals surface area contributed by atoms with Gasteiger partial charge in [-0.15, -0.1) is 12.6 Å². The first-order valence-electron chi connectivity index (χ1n) is 8.91. The van der Waals surface area contributed by atoms with Crippen LogP contribution in [0.1, 0.15) is 13.8 Å². The van der Waals surface area contributed by atoms with Gasteiger partial charge in [-0.25, -0.2) is 0 Å². The lowest BCUT2D eigenvalue weighted by Gasteiger charge is -2.36.